The molecule has 0 radical (unpaired) electrons. The highest BCUT2D eigenvalue weighted by molar-refractivity contribution is 7.89. The summed E-state index contributed by atoms with van der Waals surface area (Å²) in [5, 5.41) is 0. The highest BCUT2D eigenvalue weighted by atomic mass is 32.2. The summed E-state index contributed by atoms with van der Waals surface area (Å²) in [6, 6.07) is 6.06. The van der Waals surface area contributed by atoms with Crippen LogP contribution in [0.25, 0.3) is 0 Å². The maximum absolute atomic E-state index is 12.4. The number of ether oxygens (including phenoxy) is 1. The molecule has 1 aromatic rings. The van der Waals surface area contributed by atoms with Crippen LogP contribution in [0.1, 0.15) is 12.8 Å². The van der Waals surface area contributed by atoms with Crippen LogP contribution in [-0.2, 0) is 19.6 Å². The van der Waals surface area contributed by atoms with Crippen molar-refractivity contribution in [1.29, 1.82) is 0 Å². The number of imide groups is 1. The van der Waals surface area contributed by atoms with Crippen LogP contribution in [0.5, 0.6) is 5.75 Å². The number of sulfonamides is 1. The number of carbonyl (C=O) groups is 2. The van der Waals surface area contributed by atoms with Crippen LogP contribution < -0.4 is 4.74 Å². The van der Waals surface area contributed by atoms with E-state index in [9.17, 15) is 18.0 Å². The number of allylic oxidation sites excluding steroid dienone is 2. The molecule has 1 aliphatic heterocycles. The highest BCUT2D eigenvalue weighted by Gasteiger charge is 2.46. The van der Waals surface area contributed by atoms with Crippen LogP contribution in [0.2, 0.25) is 0 Å². The number of hydrogen-bond acceptors (Lipinski definition) is 5. The lowest BCUT2D eigenvalue weighted by atomic mass is 9.85. The second-order valence-electron chi connectivity index (χ2n) is 6.59. The fraction of sp³-hybridized carbons (Fsp3) is 0.444. The first-order valence-electron chi connectivity index (χ1n) is 8.48. The molecule has 2 atom stereocenters. The molecular weight excluding hydrogens is 356 g/mol. The predicted octanol–water partition coefficient (Wildman–Crippen LogP) is 1.27. The number of hydrogen-bond donors (Lipinski definition) is 0. The Balaban J connectivity index is 1.57. The first-order valence-corrected chi connectivity index (χ1v) is 9.92. The zero-order valence-electron chi connectivity index (χ0n) is 14.8. The van der Waals surface area contributed by atoms with Gasteiger partial charge in [-0.1, -0.05) is 12.2 Å². The minimum atomic E-state index is -3.48. The van der Waals surface area contributed by atoms with Gasteiger partial charge in [0.1, 0.15) is 12.4 Å². The lowest BCUT2D eigenvalue weighted by Gasteiger charge is -2.15. The zero-order chi connectivity index (χ0) is 18.9. The molecule has 2 amide bonds. The second-order valence-corrected chi connectivity index (χ2v) is 8.74. The van der Waals surface area contributed by atoms with Crippen molar-refractivity contribution in [3.63, 3.8) is 0 Å². The van der Waals surface area contributed by atoms with E-state index in [2.05, 4.69) is 0 Å². The van der Waals surface area contributed by atoms with Crippen LogP contribution in [-0.4, -0.2) is 56.7 Å². The summed E-state index contributed by atoms with van der Waals surface area (Å²) in [6.07, 6.45) is 5.15. The molecule has 140 valence electrons. The van der Waals surface area contributed by atoms with Crippen LogP contribution in [0.4, 0.5) is 0 Å². The molecule has 1 saturated heterocycles. The van der Waals surface area contributed by atoms with Crippen molar-refractivity contribution in [2.45, 2.75) is 17.7 Å². The Kier molecular flexibility index (Phi) is 5.15. The number of nitrogens with zero attached hydrogens (tertiary/aromatic N) is 2. The quantitative estimate of drug-likeness (QED) is 0.550. The van der Waals surface area contributed by atoms with E-state index in [4.69, 9.17) is 4.74 Å². The van der Waals surface area contributed by atoms with Crippen molar-refractivity contribution < 1.29 is 22.7 Å². The van der Waals surface area contributed by atoms with Crippen molar-refractivity contribution in [2.75, 3.05) is 27.2 Å². The normalized spacial score (nSPS) is 22.8. The molecule has 8 heteroatoms. The first kappa shape index (κ1) is 18.6. The number of fused-ring (bicyclic) bond motifs is 1. The molecule has 3 rings (SSSR count). The van der Waals surface area contributed by atoms with E-state index in [-0.39, 0.29) is 41.7 Å². The number of amides is 2. The monoisotopic (exact) mass is 378 g/mol. The van der Waals surface area contributed by atoms with Gasteiger partial charge >= 0.3 is 0 Å². The lowest BCUT2D eigenvalue weighted by Crippen LogP contribution is -2.34. The smallest absolute Gasteiger partial charge is 0.242 e. The summed E-state index contributed by atoms with van der Waals surface area (Å²) in [5.74, 6) is -0.229. The summed E-state index contributed by atoms with van der Waals surface area (Å²) < 4.78 is 30.8. The maximum Gasteiger partial charge on any atom is 0.242 e. The molecule has 0 unspecified atom stereocenters. The summed E-state index contributed by atoms with van der Waals surface area (Å²) in [6.45, 7) is 0.368. The minimum absolute atomic E-state index is 0.125. The van der Waals surface area contributed by atoms with E-state index in [0.717, 1.165) is 4.31 Å². The molecule has 26 heavy (non-hydrogen) atoms. The summed E-state index contributed by atoms with van der Waals surface area (Å²) in [4.78, 5) is 26.2. The molecule has 0 aromatic heterocycles. The minimum Gasteiger partial charge on any atom is -0.492 e. The van der Waals surface area contributed by atoms with Crippen LogP contribution >= 0.6 is 0 Å². The maximum atomic E-state index is 12.4. The van der Waals surface area contributed by atoms with Crippen LogP contribution in [0.15, 0.2) is 41.3 Å². The number of likely N-dealkylation sites (tertiary alicyclic amines) is 1. The van der Waals surface area contributed by atoms with Crippen LogP contribution in [0, 0.1) is 11.8 Å². The van der Waals surface area contributed by atoms with Gasteiger partial charge < -0.3 is 4.74 Å². The van der Waals surface area contributed by atoms with Crippen molar-refractivity contribution in [1.82, 2.24) is 9.21 Å². The number of benzene rings is 1. The molecule has 0 bridgehead atoms. The summed E-state index contributed by atoms with van der Waals surface area (Å²) in [7, 11) is -0.541. The molecule has 0 saturated carbocycles. The summed E-state index contributed by atoms with van der Waals surface area (Å²) in [5.41, 5.74) is 0. The van der Waals surface area contributed by atoms with Gasteiger partial charge in [0.15, 0.2) is 0 Å². The SMILES string of the molecule is CN(C)S(=O)(=O)c1ccc(OCCN2C(=O)[C@H]3CC=CC[C@H]3C2=O)cc1. The van der Waals surface area contributed by atoms with E-state index >= 15 is 0 Å². The Labute approximate surface area is 153 Å². The summed E-state index contributed by atoms with van der Waals surface area (Å²) >= 11 is 0. The highest BCUT2D eigenvalue weighted by Crippen LogP contribution is 2.34. The lowest BCUT2D eigenvalue weighted by molar-refractivity contribution is -0.140. The topological polar surface area (TPSA) is 84.0 Å². The zero-order valence-corrected chi connectivity index (χ0v) is 15.6. The van der Waals surface area contributed by atoms with Crippen molar-refractivity contribution >= 4 is 21.8 Å². The third-order valence-corrected chi connectivity index (χ3v) is 6.61. The van der Waals surface area contributed by atoms with E-state index in [1.54, 1.807) is 12.1 Å². The van der Waals surface area contributed by atoms with Gasteiger partial charge in [-0.2, -0.15) is 0 Å². The Bertz CT molecular complexity index is 804. The molecule has 7 nitrogen and oxygen atoms in total. The van der Waals surface area contributed by atoms with Gasteiger partial charge in [-0.05, 0) is 37.1 Å². The van der Waals surface area contributed by atoms with E-state index in [1.807, 2.05) is 12.2 Å². The third-order valence-electron chi connectivity index (χ3n) is 4.78. The predicted molar refractivity (Wildman–Crippen MR) is 94.9 cm³/mol. The van der Waals surface area contributed by atoms with E-state index in [0.29, 0.717) is 18.6 Å². The van der Waals surface area contributed by atoms with Gasteiger partial charge in [0, 0.05) is 14.1 Å². The fourth-order valence-corrected chi connectivity index (χ4v) is 4.16. The standard InChI is InChI=1S/C18H22N2O5S/c1-19(2)26(23,24)14-9-7-13(8-10-14)25-12-11-20-17(21)15-5-3-4-6-16(15)18(20)22/h3-4,7-10,15-16H,5-6,11-12H2,1-2H3/t15-,16+. The van der Waals surface area contributed by atoms with Crippen molar-refractivity contribution in [2.24, 2.45) is 11.8 Å². The average Bonchev–Trinajstić information content (AvgIpc) is 2.87. The first-order chi connectivity index (χ1) is 12.3. The molecule has 1 aromatic carbocycles. The number of rotatable bonds is 6. The van der Waals surface area contributed by atoms with Gasteiger partial charge in [0.05, 0.1) is 23.3 Å². The molecular formula is C18H22N2O5S. The molecule has 0 spiro atoms. The van der Waals surface area contributed by atoms with Crippen molar-refractivity contribution in [3.05, 3.63) is 36.4 Å². The Hall–Kier alpha value is -2.19. The van der Waals surface area contributed by atoms with Crippen LogP contribution in [0.3, 0.4) is 0 Å². The second kappa shape index (κ2) is 7.20. The molecule has 1 heterocycles. The number of carbonyl (C=O) groups excluding carboxylic acids is 2. The average molecular weight is 378 g/mol. The van der Waals surface area contributed by atoms with Gasteiger partial charge in [0.25, 0.3) is 0 Å². The Morgan fingerprint density at radius 3 is 2.08 bits per heavy atom. The third kappa shape index (κ3) is 3.39. The van der Waals surface area contributed by atoms with E-state index in [1.165, 1.54) is 31.1 Å². The molecule has 1 aliphatic carbocycles. The molecule has 1 fully saturated rings. The molecule has 2 aliphatic rings. The fourth-order valence-electron chi connectivity index (χ4n) is 3.26. The molecule has 0 N–H and O–H groups in total. The van der Waals surface area contributed by atoms with Gasteiger partial charge in [-0.25, -0.2) is 12.7 Å². The largest absolute Gasteiger partial charge is 0.492 e. The Morgan fingerprint density at radius 2 is 1.58 bits per heavy atom. The Morgan fingerprint density at radius 1 is 1.04 bits per heavy atom. The van der Waals surface area contributed by atoms with E-state index < -0.39 is 10.0 Å². The van der Waals surface area contributed by atoms with Crippen molar-refractivity contribution in [3.8, 4) is 5.75 Å². The van der Waals surface area contributed by atoms with Gasteiger partial charge in [-0.15, -0.1) is 0 Å². The van der Waals surface area contributed by atoms with Gasteiger partial charge in [-0.3, -0.25) is 14.5 Å². The van der Waals surface area contributed by atoms with Gasteiger partial charge in [0.2, 0.25) is 21.8 Å².